The first-order chi connectivity index (χ1) is 10.1. The number of benzene rings is 1. The van der Waals surface area contributed by atoms with Crippen LogP contribution in [0.4, 0.5) is 8.78 Å². The third-order valence-electron chi connectivity index (χ3n) is 3.94. The van der Waals surface area contributed by atoms with Crippen LogP contribution in [0, 0.1) is 11.6 Å². The van der Waals surface area contributed by atoms with Gasteiger partial charge < -0.3 is 15.4 Å². The summed E-state index contributed by atoms with van der Waals surface area (Å²) in [5, 5.41) is 5.89. The molecular weight excluding hydrogens is 278 g/mol. The number of rotatable bonds is 5. The van der Waals surface area contributed by atoms with Gasteiger partial charge in [-0.3, -0.25) is 4.79 Å². The molecule has 6 heteroatoms. The predicted octanol–water partition coefficient (Wildman–Crippen LogP) is 1.39. The summed E-state index contributed by atoms with van der Waals surface area (Å²) in [7, 11) is 1.52. The zero-order valence-electron chi connectivity index (χ0n) is 12.0. The van der Waals surface area contributed by atoms with Crippen LogP contribution in [-0.2, 0) is 16.0 Å². The molecular formula is C15H20F2N2O2. The monoisotopic (exact) mass is 298 g/mol. The van der Waals surface area contributed by atoms with Gasteiger partial charge in [0.05, 0.1) is 0 Å². The number of piperidine rings is 1. The summed E-state index contributed by atoms with van der Waals surface area (Å²) in [6, 6.07) is 3.75. The zero-order valence-corrected chi connectivity index (χ0v) is 12.0. The molecule has 21 heavy (non-hydrogen) atoms. The smallest absolute Gasteiger partial charge is 0.252 e. The summed E-state index contributed by atoms with van der Waals surface area (Å²) in [5.74, 6) is -1.40. The largest absolute Gasteiger partial charge is 0.368 e. The number of carbonyl (C=O) groups excluding carboxylic acids is 1. The van der Waals surface area contributed by atoms with Crippen LogP contribution >= 0.6 is 0 Å². The maximum atomic E-state index is 13.5. The van der Waals surface area contributed by atoms with Crippen LogP contribution in [0.15, 0.2) is 18.2 Å². The molecule has 1 heterocycles. The summed E-state index contributed by atoms with van der Waals surface area (Å²) in [6.45, 7) is 1.60. The average molecular weight is 298 g/mol. The first kappa shape index (κ1) is 15.9. The zero-order chi connectivity index (χ0) is 15.3. The van der Waals surface area contributed by atoms with Gasteiger partial charge in [-0.15, -0.1) is 0 Å². The summed E-state index contributed by atoms with van der Waals surface area (Å²) in [4.78, 5) is 12.3. The molecule has 2 rings (SSSR count). The van der Waals surface area contributed by atoms with E-state index in [0.717, 1.165) is 0 Å². The van der Waals surface area contributed by atoms with E-state index in [0.29, 0.717) is 25.9 Å². The summed E-state index contributed by atoms with van der Waals surface area (Å²) in [5.41, 5.74) is -0.839. The molecule has 116 valence electrons. The Morgan fingerprint density at radius 2 is 1.95 bits per heavy atom. The molecule has 1 fully saturated rings. The lowest BCUT2D eigenvalue weighted by molar-refractivity contribution is -0.146. The molecule has 2 N–H and O–H groups in total. The standard InChI is InChI=1S/C15H20F2N2O2/c1-21-15(6-9-18-10-7-15)14(20)19-8-5-11-12(16)3-2-4-13(11)17/h2-4,18H,5-10H2,1H3,(H,19,20). The van der Waals surface area contributed by atoms with Crippen molar-refractivity contribution in [2.75, 3.05) is 26.7 Å². The van der Waals surface area contributed by atoms with E-state index >= 15 is 0 Å². The molecule has 1 aromatic carbocycles. The van der Waals surface area contributed by atoms with E-state index in [-0.39, 0.29) is 24.4 Å². The average Bonchev–Trinajstić information content (AvgIpc) is 2.50. The van der Waals surface area contributed by atoms with Gasteiger partial charge in [0.1, 0.15) is 17.2 Å². The predicted molar refractivity (Wildman–Crippen MR) is 74.9 cm³/mol. The Kier molecular flexibility index (Phi) is 5.25. The van der Waals surface area contributed by atoms with Gasteiger partial charge in [-0.2, -0.15) is 0 Å². The van der Waals surface area contributed by atoms with E-state index < -0.39 is 17.2 Å². The lowest BCUT2D eigenvalue weighted by Crippen LogP contribution is -2.54. The van der Waals surface area contributed by atoms with Crippen LogP contribution in [0.5, 0.6) is 0 Å². The van der Waals surface area contributed by atoms with Crippen molar-refractivity contribution in [2.24, 2.45) is 0 Å². The van der Waals surface area contributed by atoms with Gasteiger partial charge in [-0.05, 0) is 44.5 Å². The van der Waals surface area contributed by atoms with Crippen LogP contribution in [0.2, 0.25) is 0 Å². The van der Waals surface area contributed by atoms with Crippen LogP contribution in [0.25, 0.3) is 0 Å². The molecule has 0 atom stereocenters. The fourth-order valence-corrected chi connectivity index (χ4v) is 2.59. The van der Waals surface area contributed by atoms with Crippen molar-refractivity contribution >= 4 is 5.91 Å². The summed E-state index contributed by atoms with van der Waals surface area (Å²) >= 11 is 0. The van der Waals surface area contributed by atoms with Crippen molar-refractivity contribution in [3.8, 4) is 0 Å². The number of amides is 1. The van der Waals surface area contributed by atoms with E-state index in [1.165, 1.54) is 25.3 Å². The minimum atomic E-state index is -0.834. The second-order valence-electron chi connectivity index (χ2n) is 5.15. The molecule has 0 unspecified atom stereocenters. The Morgan fingerprint density at radius 1 is 1.33 bits per heavy atom. The van der Waals surface area contributed by atoms with Crippen molar-refractivity contribution in [2.45, 2.75) is 24.9 Å². The van der Waals surface area contributed by atoms with E-state index in [2.05, 4.69) is 10.6 Å². The maximum absolute atomic E-state index is 13.5. The SMILES string of the molecule is COC1(C(=O)NCCc2c(F)cccc2F)CCNCC1. The third-order valence-corrected chi connectivity index (χ3v) is 3.94. The molecule has 0 bridgehead atoms. The van der Waals surface area contributed by atoms with Crippen LogP contribution < -0.4 is 10.6 Å². The van der Waals surface area contributed by atoms with Gasteiger partial charge >= 0.3 is 0 Å². The molecule has 1 amide bonds. The number of nitrogens with one attached hydrogen (secondary N) is 2. The topological polar surface area (TPSA) is 50.4 Å². The summed E-state index contributed by atoms with van der Waals surface area (Å²) in [6.07, 6.45) is 1.29. The molecule has 0 aliphatic carbocycles. The van der Waals surface area contributed by atoms with Crippen molar-refractivity contribution in [3.63, 3.8) is 0 Å². The van der Waals surface area contributed by atoms with Gasteiger partial charge in [0.25, 0.3) is 5.91 Å². The second kappa shape index (κ2) is 6.95. The molecule has 1 aliphatic rings. The lowest BCUT2D eigenvalue weighted by atomic mass is 9.91. The highest BCUT2D eigenvalue weighted by Crippen LogP contribution is 2.22. The number of ether oxygens (including phenoxy) is 1. The lowest BCUT2D eigenvalue weighted by Gasteiger charge is -2.34. The minimum absolute atomic E-state index is 0.00502. The fraction of sp³-hybridized carbons (Fsp3) is 0.533. The Morgan fingerprint density at radius 3 is 2.52 bits per heavy atom. The van der Waals surface area contributed by atoms with Crippen LogP contribution in [-0.4, -0.2) is 38.3 Å². The first-order valence-electron chi connectivity index (χ1n) is 7.06. The van der Waals surface area contributed by atoms with Gasteiger partial charge in [-0.1, -0.05) is 6.07 Å². The number of hydrogen-bond acceptors (Lipinski definition) is 3. The number of halogens is 2. The van der Waals surface area contributed by atoms with Crippen molar-refractivity contribution < 1.29 is 18.3 Å². The van der Waals surface area contributed by atoms with E-state index in [4.69, 9.17) is 4.74 Å². The molecule has 0 spiro atoms. The summed E-state index contributed by atoms with van der Waals surface area (Å²) < 4.78 is 32.4. The van der Waals surface area contributed by atoms with Gasteiger partial charge in [-0.25, -0.2) is 8.78 Å². The van der Waals surface area contributed by atoms with Crippen LogP contribution in [0.1, 0.15) is 18.4 Å². The first-order valence-corrected chi connectivity index (χ1v) is 7.06. The minimum Gasteiger partial charge on any atom is -0.368 e. The highest BCUT2D eigenvalue weighted by atomic mass is 19.1. The maximum Gasteiger partial charge on any atom is 0.252 e. The molecule has 0 radical (unpaired) electrons. The Bertz CT molecular complexity index is 482. The van der Waals surface area contributed by atoms with Crippen LogP contribution in [0.3, 0.4) is 0 Å². The van der Waals surface area contributed by atoms with E-state index in [1.54, 1.807) is 0 Å². The fourth-order valence-electron chi connectivity index (χ4n) is 2.59. The molecule has 0 aromatic heterocycles. The third kappa shape index (κ3) is 3.57. The Labute approximate surface area is 122 Å². The molecule has 0 saturated carbocycles. The Balaban J connectivity index is 1.92. The molecule has 1 aromatic rings. The van der Waals surface area contributed by atoms with Gasteiger partial charge in [0.2, 0.25) is 0 Å². The molecule has 1 aliphatic heterocycles. The Hall–Kier alpha value is -1.53. The van der Waals surface area contributed by atoms with E-state index in [9.17, 15) is 13.6 Å². The van der Waals surface area contributed by atoms with Crippen molar-refractivity contribution in [3.05, 3.63) is 35.4 Å². The highest BCUT2D eigenvalue weighted by Gasteiger charge is 2.39. The number of methoxy groups -OCH3 is 1. The number of hydrogen-bond donors (Lipinski definition) is 2. The van der Waals surface area contributed by atoms with Gasteiger partial charge in [0.15, 0.2) is 0 Å². The second-order valence-corrected chi connectivity index (χ2v) is 5.15. The number of carbonyl (C=O) groups is 1. The van der Waals surface area contributed by atoms with Gasteiger partial charge in [0, 0.05) is 19.2 Å². The highest BCUT2D eigenvalue weighted by molar-refractivity contribution is 5.85. The van der Waals surface area contributed by atoms with Crippen molar-refractivity contribution in [1.82, 2.24) is 10.6 Å². The molecule has 1 saturated heterocycles. The quantitative estimate of drug-likeness (QED) is 0.864. The van der Waals surface area contributed by atoms with Crippen molar-refractivity contribution in [1.29, 1.82) is 0 Å². The normalized spacial score (nSPS) is 17.5. The van der Waals surface area contributed by atoms with E-state index in [1.807, 2.05) is 0 Å². The molecule has 4 nitrogen and oxygen atoms in total.